The highest BCUT2D eigenvalue weighted by atomic mass is 32.1. The van der Waals surface area contributed by atoms with Crippen LogP contribution in [0.1, 0.15) is 30.5 Å². The van der Waals surface area contributed by atoms with Gasteiger partial charge in [-0.15, -0.1) is 11.3 Å². The second-order valence-corrected chi connectivity index (χ2v) is 7.44. The Bertz CT molecular complexity index is 894. The van der Waals surface area contributed by atoms with E-state index >= 15 is 0 Å². The molecule has 28 heavy (non-hydrogen) atoms. The van der Waals surface area contributed by atoms with Gasteiger partial charge in [-0.2, -0.15) is 0 Å². The Morgan fingerprint density at radius 3 is 2.75 bits per heavy atom. The minimum absolute atomic E-state index is 0.171. The van der Waals surface area contributed by atoms with E-state index < -0.39 is 12.0 Å². The first-order valence-corrected chi connectivity index (χ1v) is 10.2. The van der Waals surface area contributed by atoms with Crippen LogP contribution in [-0.2, 0) is 27.2 Å². The molecular weight excluding hydrogens is 374 g/mol. The van der Waals surface area contributed by atoms with Gasteiger partial charge in [0.15, 0.2) is 0 Å². The van der Waals surface area contributed by atoms with Gasteiger partial charge in [0.1, 0.15) is 6.04 Å². The summed E-state index contributed by atoms with van der Waals surface area (Å²) in [4.78, 5) is 33.4. The molecule has 2 aromatic heterocycles. The minimum Gasteiger partial charge on any atom is -0.464 e. The third-order valence-corrected chi connectivity index (χ3v) is 5.27. The number of nitrogens with one attached hydrogen (secondary N) is 1. The van der Waals surface area contributed by atoms with Crippen LogP contribution >= 0.6 is 11.3 Å². The number of aryl methyl sites for hydroxylation is 1. The van der Waals surface area contributed by atoms with Crippen LogP contribution in [0.3, 0.4) is 0 Å². The molecule has 0 spiro atoms. The standard InChI is InChI=1S/C21H23N3O3S/c1-2-27-21(26)17(14-15-8-5-6-13-22-15)23-19(25)11-7-12-20-24-16-9-3-4-10-18(16)28-20/h3-6,8-10,13,17H,2,7,11-12,14H2,1H3,(H,23,25)/t17-/m1/s1. The fraction of sp³-hybridized carbons (Fsp3) is 0.333. The average Bonchev–Trinajstić information content (AvgIpc) is 3.11. The summed E-state index contributed by atoms with van der Waals surface area (Å²) in [6, 6.07) is 12.8. The van der Waals surface area contributed by atoms with Gasteiger partial charge in [0, 0.05) is 24.7 Å². The van der Waals surface area contributed by atoms with Gasteiger partial charge in [-0.1, -0.05) is 18.2 Å². The number of hydrogen-bond donors (Lipinski definition) is 1. The zero-order chi connectivity index (χ0) is 19.8. The summed E-state index contributed by atoms with van der Waals surface area (Å²) in [5.74, 6) is -0.609. The number of aromatic nitrogens is 2. The normalized spacial score (nSPS) is 11.9. The van der Waals surface area contributed by atoms with Crippen molar-refractivity contribution in [3.63, 3.8) is 0 Å². The molecule has 0 aliphatic carbocycles. The molecule has 0 aliphatic rings. The van der Waals surface area contributed by atoms with Crippen molar-refractivity contribution in [3.05, 3.63) is 59.4 Å². The Kier molecular flexibility index (Phi) is 7.08. The first kappa shape index (κ1) is 19.9. The number of para-hydroxylation sites is 1. The number of amides is 1. The second kappa shape index (κ2) is 9.94. The Morgan fingerprint density at radius 2 is 2.00 bits per heavy atom. The summed E-state index contributed by atoms with van der Waals surface area (Å²) in [7, 11) is 0. The zero-order valence-corrected chi connectivity index (χ0v) is 16.6. The molecule has 146 valence electrons. The number of esters is 1. The molecule has 1 aromatic carbocycles. The summed E-state index contributed by atoms with van der Waals surface area (Å²) >= 11 is 1.65. The highest BCUT2D eigenvalue weighted by molar-refractivity contribution is 7.18. The van der Waals surface area contributed by atoms with E-state index in [0.29, 0.717) is 19.3 Å². The maximum atomic E-state index is 12.4. The smallest absolute Gasteiger partial charge is 0.329 e. The molecule has 0 radical (unpaired) electrons. The topological polar surface area (TPSA) is 81.2 Å². The average molecular weight is 398 g/mol. The van der Waals surface area contributed by atoms with Crippen molar-refractivity contribution in [2.75, 3.05) is 6.61 Å². The second-order valence-electron chi connectivity index (χ2n) is 6.33. The number of fused-ring (bicyclic) bond motifs is 1. The molecular formula is C21H23N3O3S. The SMILES string of the molecule is CCOC(=O)[C@@H](Cc1ccccn1)NC(=O)CCCc1nc2ccccc2s1. The number of hydrogen-bond acceptors (Lipinski definition) is 6. The van der Waals surface area contributed by atoms with E-state index in [2.05, 4.69) is 15.3 Å². The Labute approximate surface area is 168 Å². The van der Waals surface area contributed by atoms with Crippen LogP contribution in [0.4, 0.5) is 0 Å². The molecule has 1 amide bonds. The molecule has 0 saturated carbocycles. The van der Waals surface area contributed by atoms with Crippen molar-refractivity contribution in [1.29, 1.82) is 0 Å². The molecule has 0 bridgehead atoms. The van der Waals surface area contributed by atoms with Gasteiger partial charge in [-0.05, 0) is 44.0 Å². The van der Waals surface area contributed by atoms with Crippen LogP contribution in [0.5, 0.6) is 0 Å². The van der Waals surface area contributed by atoms with Crippen molar-refractivity contribution in [2.45, 2.75) is 38.6 Å². The largest absolute Gasteiger partial charge is 0.464 e. The molecule has 2 heterocycles. The molecule has 7 heteroatoms. The van der Waals surface area contributed by atoms with Crippen LogP contribution in [0.15, 0.2) is 48.7 Å². The van der Waals surface area contributed by atoms with Gasteiger partial charge in [-0.25, -0.2) is 9.78 Å². The van der Waals surface area contributed by atoms with Crippen molar-refractivity contribution in [3.8, 4) is 0 Å². The maximum Gasteiger partial charge on any atom is 0.329 e. The van der Waals surface area contributed by atoms with Crippen LogP contribution in [-0.4, -0.2) is 34.5 Å². The number of pyridine rings is 1. The highest BCUT2D eigenvalue weighted by Crippen LogP contribution is 2.22. The first-order chi connectivity index (χ1) is 13.7. The number of benzene rings is 1. The number of thiazole rings is 1. The third-order valence-electron chi connectivity index (χ3n) is 4.18. The molecule has 3 aromatic rings. The quantitative estimate of drug-likeness (QED) is 0.560. The van der Waals surface area contributed by atoms with E-state index in [1.165, 1.54) is 0 Å². The lowest BCUT2D eigenvalue weighted by Crippen LogP contribution is -2.43. The zero-order valence-electron chi connectivity index (χ0n) is 15.8. The maximum absolute atomic E-state index is 12.4. The predicted octanol–water partition coefficient (Wildman–Crippen LogP) is 3.30. The fourth-order valence-electron chi connectivity index (χ4n) is 2.86. The third kappa shape index (κ3) is 5.60. The summed E-state index contributed by atoms with van der Waals surface area (Å²) in [6.45, 7) is 2.01. The predicted molar refractivity (Wildman–Crippen MR) is 109 cm³/mol. The molecule has 0 aliphatic heterocycles. The highest BCUT2D eigenvalue weighted by Gasteiger charge is 2.22. The molecule has 0 unspecified atom stereocenters. The van der Waals surface area contributed by atoms with Crippen molar-refractivity contribution in [1.82, 2.24) is 15.3 Å². The molecule has 0 fully saturated rings. The van der Waals surface area contributed by atoms with Crippen molar-refractivity contribution >= 4 is 33.4 Å². The van der Waals surface area contributed by atoms with E-state index in [4.69, 9.17) is 4.74 Å². The van der Waals surface area contributed by atoms with Crippen LogP contribution in [0.25, 0.3) is 10.2 Å². The lowest BCUT2D eigenvalue weighted by molar-refractivity contribution is -0.147. The molecule has 6 nitrogen and oxygen atoms in total. The molecule has 0 saturated heterocycles. The fourth-order valence-corrected chi connectivity index (χ4v) is 3.87. The van der Waals surface area contributed by atoms with Crippen LogP contribution < -0.4 is 5.32 Å². The van der Waals surface area contributed by atoms with Crippen LogP contribution in [0.2, 0.25) is 0 Å². The Morgan fingerprint density at radius 1 is 1.18 bits per heavy atom. The van der Waals surface area contributed by atoms with E-state index in [0.717, 1.165) is 27.3 Å². The van der Waals surface area contributed by atoms with Gasteiger partial charge < -0.3 is 10.1 Å². The lowest BCUT2D eigenvalue weighted by atomic mass is 10.1. The number of carbonyl (C=O) groups is 2. The van der Waals surface area contributed by atoms with Crippen LogP contribution in [0, 0.1) is 0 Å². The summed E-state index contributed by atoms with van der Waals surface area (Å²) in [6.07, 6.45) is 3.70. The van der Waals surface area contributed by atoms with Gasteiger partial charge >= 0.3 is 5.97 Å². The van der Waals surface area contributed by atoms with E-state index in [1.807, 2.05) is 42.5 Å². The number of rotatable bonds is 9. The van der Waals surface area contributed by atoms with E-state index in [1.54, 1.807) is 24.5 Å². The van der Waals surface area contributed by atoms with Gasteiger partial charge in [0.25, 0.3) is 0 Å². The van der Waals surface area contributed by atoms with Crippen molar-refractivity contribution < 1.29 is 14.3 Å². The van der Waals surface area contributed by atoms with Gasteiger partial charge in [0.2, 0.25) is 5.91 Å². The van der Waals surface area contributed by atoms with Crippen molar-refractivity contribution in [2.24, 2.45) is 0 Å². The summed E-state index contributed by atoms with van der Waals surface area (Å²) in [5.41, 5.74) is 1.72. The van der Waals surface area contributed by atoms with Gasteiger partial charge in [0.05, 0.1) is 21.8 Å². The molecule has 3 rings (SSSR count). The first-order valence-electron chi connectivity index (χ1n) is 9.36. The van der Waals surface area contributed by atoms with Gasteiger partial charge in [-0.3, -0.25) is 9.78 Å². The number of nitrogens with zero attached hydrogens (tertiary/aromatic N) is 2. The number of carbonyl (C=O) groups excluding carboxylic acids is 2. The van der Waals surface area contributed by atoms with E-state index in [-0.39, 0.29) is 12.5 Å². The Hall–Kier alpha value is -2.80. The van der Waals surface area contributed by atoms with E-state index in [9.17, 15) is 9.59 Å². The monoisotopic (exact) mass is 397 g/mol. The lowest BCUT2D eigenvalue weighted by Gasteiger charge is -2.17. The number of ether oxygens (including phenoxy) is 1. The summed E-state index contributed by atoms with van der Waals surface area (Å²) < 4.78 is 6.25. The summed E-state index contributed by atoms with van der Waals surface area (Å²) in [5, 5.41) is 3.81. The molecule has 1 N–H and O–H groups in total. The minimum atomic E-state index is -0.732. The Balaban J connectivity index is 1.52. The molecule has 1 atom stereocenters.